The normalized spacial score (nSPS) is 16.7. The molecule has 0 saturated carbocycles. The Morgan fingerprint density at radius 1 is 1.22 bits per heavy atom. The molecule has 0 unspecified atom stereocenters. The Hall–Kier alpha value is -3.35. The number of para-hydroxylation sites is 1. The van der Waals surface area contributed by atoms with Crippen molar-refractivity contribution in [3.8, 4) is 17.1 Å². The molecule has 3 heterocycles. The first-order valence-corrected chi connectivity index (χ1v) is 8.80. The van der Waals surface area contributed by atoms with Crippen LogP contribution in [-0.4, -0.2) is 46.1 Å². The maximum Gasteiger partial charge on any atom is 0.255 e. The second kappa shape index (κ2) is 6.75. The number of nitrogens with zero attached hydrogens (tertiary/aromatic N) is 3. The molecule has 138 valence electrons. The van der Waals surface area contributed by atoms with Crippen LogP contribution in [0.15, 0.2) is 53.1 Å². The topological polar surface area (TPSA) is 80.4 Å². The minimum atomic E-state index is -0.506. The Morgan fingerprint density at radius 3 is 2.63 bits per heavy atom. The number of likely N-dealkylation sites (N-methyl/N-ethyl adjacent to an activating group) is 1. The zero-order valence-electron chi connectivity index (χ0n) is 15.2. The van der Waals surface area contributed by atoms with Gasteiger partial charge in [0, 0.05) is 19.8 Å². The first-order valence-electron chi connectivity index (χ1n) is 8.80. The van der Waals surface area contributed by atoms with E-state index in [2.05, 4.69) is 10.4 Å². The molecular weight excluding hydrogens is 344 g/mol. The third-order valence-electron chi connectivity index (χ3n) is 4.69. The van der Waals surface area contributed by atoms with Gasteiger partial charge in [-0.25, -0.2) is 4.68 Å². The fourth-order valence-electron chi connectivity index (χ4n) is 3.19. The van der Waals surface area contributed by atoms with Gasteiger partial charge in [-0.15, -0.1) is 0 Å². The first kappa shape index (κ1) is 17.1. The second-order valence-corrected chi connectivity index (χ2v) is 6.66. The molecule has 27 heavy (non-hydrogen) atoms. The molecule has 4 rings (SSSR count). The summed E-state index contributed by atoms with van der Waals surface area (Å²) in [7, 11) is 1.74. The van der Waals surface area contributed by atoms with Crippen LogP contribution in [-0.2, 0) is 4.79 Å². The fourth-order valence-corrected chi connectivity index (χ4v) is 3.19. The fraction of sp³-hybridized carbons (Fsp3) is 0.250. The highest BCUT2D eigenvalue weighted by molar-refractivity contribution is 6.01. The Bertz CT molecular complexity index is 990. The van der Waals surface area contributed by atoms with Crippen LogP contribution in [0.25, 0.3) is 17.1 Å². The number of carbonyl (C=O) groups excluding carboxylic acids is 2. The van der Waals surface area contributed by atoms with Gasteiger partial charge < -0.3 is 14.6 Å². The summed E-state index contributed by atoms with van der Waals surface area (Å²) < 4.78 is 7.33. The number of carbonyl (C=O) groups is 2. The number of hydrogen-bond acceptors (Lipinski definition) is 4. The highest BCUT2D eigenvalue weighted by Crippen LogP contribution is 2.26. The van der Waals surface area contributed by atoms with Crippen LogP contribution in [0, 0.1) is 6.92 Å². The summed E-state index contributed by atoms with van der Waals surface area (Å²) in [5.74, 6) is 0.837. The summed E-state index contributed by atoms with van der Waals surface area (Å²) >= 11 is 0. The van der Waals surface area contributed by atoms with Crippen LogP contribution in [0.2, 0.25) is 0 Å². The van der Waals surface area contributed by atoms with Gasteiger partial charge in [0.1, 0.15) is 17.5 Å². The predicted octanol–water partition coefficient (Wildman–Crippen LogP) is 2.40. The average Bonchev–Trinajstić information content (AvgIpc) is 3.37. The summed E-state index contributed by atoms with van der Waals surface area (Å²) in [4.78, 5) is 26.7. The van der Waals surface area contributed by atoms with Crippen molar-refractivity contribution in [2.75, 3.05) is 13.6 Å². The highest BCUT2D eigenvalue weighted by Gasteiger charge is 2.32. The van der Waals surface area contributed by atoms with Crippen LogP contribution in [0.1, 0.15) is 22.5 Å². The summed E-state index contributed by atoms with van der Waals surface area (Å²) in [6, 6.07) is 12.6. The lowest BCUT2D eigenvalue weighted by atomic mass is 10.1. The molecule has 0 aliphatic carbocycles. The van der Waals surface area contributed by atoms with Gasteiger partial charge in [0.05, 0.1) is 11.3 Å². The van der Waals surface area contributed by atoms with E-state index in [0.29, 0.717) is 30.0 Å². The molecule has 2 aromatic heterocycles. The van der Waals surface area contributed by atoms with Crippen LogP contribution < -0.4 is 5.32 Å². The van der Waals surface area contributed by atoms with E-state index < -0.39 is 6.04 Å². The van der Waals surface area contributed by atoms with Gasteiger partial charge in [0.15, 0.2) is 5.76 Å². The van der Waals surface area contributed by atoms with Crippen LogP contribution in [0.3, 0.4) is 0 Å². The molecule has 1 N–H and O–H groups in total. The van der Waals surface area contributed by atoms with Crippen molar-refractivity contribution in [1.82, 2.24) is 20.0 Å². The third-order valence-corrected chi connectivity index (χ3v) is 4.69. The van der Waals surface area contributed by atoms with Gasteiger partial charge in [0.2, 0.25) is 5.91 Å². The van der Waals surface area contributed by atoms with Crippen LogP contribution in [0.4, 0.5) is 0 Å². The number of aromatic nitrogens is 2. The number of amides is 2. The van der Waals surface area contributed by atoms with Gasteiger partial charge in [-0.2, -0.15) is 5.10 Å². The van der Waals surface area contributed by atoms with Gasteiger partial charge >= 0.3 is 0 Å². The summed E-state index contributed by atoms with van der Waals surface area (Å²) in [5, 5.41) is 7.39. The minimum absolute atomic E-state index is 0.0748. The van der Waals surface area contributed by atoms with Crippen molar-refractivity contribution < 1.29 is 14.0 Å². The predicted molar refractivity (Wildman–Crippen MR) is 99.5 cm³/mol. The Labute approximate surface area is 156 Å². The molecule has 0 bridgehead atoms. The lowest BCUT2D eigenvalue weighted by molar-refractivity contribution is -0.128. The zero-order chi connectivity index (χ0) is 19.0. The average molecular weight is 364 g/mol. The van der Waals surface area contributed by atoms with Crippen molar-refractivity contribution in [3.05, 3.63) is 60.0 Å². The van der Waals surface area contributed by atoms with Crippen LogP contribution >= 0.6 is 0 Å². The summed E-state index contributed by atoms with van der Waals surface area (Å²) in [5.41, 5.74) is 1.65. The SMILES string of the molecule is Cc1ccc(-c2nn(-c3ccccc3)cc2C(=O)N[C@H]2CCN(C)C2=O)o1. The van der Waals surface area contributed by atoms with Gasteiger partial charge in [-0.3, -0.25) is 9.59 Å². The molecule has 7 nitrogen and oxygen atoms in total. The highest BCUT2D eigenvalue weighted by atomic mass is 16.3. The minimum Gasteiger partial charge on any atom is -0.460 e. The van der Waals surface area contributed by atoms with E-state index in [1.165, 1.54) is 0 Å². The molecule has 1 fully saturated rings. The van der Waals surface area contributed by atoms with Crippen molar-refractivity contribution in [3.63, 3.8) is 0 Å². The Balaban J connectivity index is 1.70. The molecular formula is C20H20N4O3. The lowest BCUT2D eigenvalue weighted by Crippen LogP contribution is -2.40. The molecule has 0 radical (unpaired) electrons. The van der Waals surface area contributed by atoms with E-state index in [9.17, 15) is 9.59 Å². The van der Waals surface area contributed by atoms with Crippen molar-refractivity contribution in [2.24, 2.45) is 0 Å². The number of aryl methyl sites for hydroxylation is 1. The molecule has 3 aromatic rings. The van der Waals surface area contributed by atoms with E-state index >= 15 is 0 Å². The maximum absolute atomic E-state index is 12.9. The number of furan rings is 1. The molecule has 1 atom stereocenters. The molecule has 0 spiro atoms. The second-order valence-electron chi connectivity index (χ2n) is 6.66. The summed E-state index contributed by atoms with van der Waals surface area (Å²) in [6.07, 6.45) is 2.27. The van der Waals surface area contributed by atoms with Crippen molar-refractivity contribution >= 4 is 11.8 Å². The number of benzene rings is 1. The largest absolute Gasteiger partial charge is 0.460 e. The van der Waals surface area contributed by atoms with E-state index in [-0.39, 0.29) is 11.8 Å². The monoisotopic (exact) mass is 364 g/mol. The third kappa shape index (κ3) is 3.23. The van der Waals surface area contributed by atoms with E-state index in [1.54, 1.807) is 28.9 Å². The summed E-state index contributed by atoms with van der Waals surface area (Å²) in [6.45, 7) is 2.47. The van der Waals surface area contributed by atoms with Gasteiger partial charge in [0.25, 0.3) is 5.91 Å². The quantitative estimate of drug-likeness (QED) is 0.771. The molecule has 1 aliphatic rings. The molecule has 1 saturated heterocycles. The van der Waals surface area contributed by atoms with E-state index in [0.717, 1.165) is 11.4 Å². The Morgan fingerprint density at radius 2 is 2.00 bits per heavy atom. The maximum atomic E-state index is 12.9. The number of rotatable bonds is 4. The Kier molecular flexibility index (Phi) is 4.27. The van der Waals surface area contributed by atoms with Crippen molar-refractivity contribution in [1.29, 1.82) is 0 Å². The molecule has 1 aliphatic heterocycles. The van der Waals surface area contributed by atoms with E-state index in [1.807, 2.05) is 43.3 Å². The van der Waals surface area contributed by atoms with Gasteiger partial charge in [-0.05, 0) is 37.6 Å². The van der Waals surface area contributed by atoms with Crippen LogP contribution in [0.5, 0.6) is 0 Å². The van der Waals surface area contributed by atoms with E-state index in [4.69, 9.17) is 4.42 Å². The smallest absolute Gasteiger partial charge is 0.255 e. The van der Waals surface area contributed by atoms with Crippen molar-refractivity contribution in [2.45, 2.75) is 19.4 Å². The molecule has 2 amide bonds. The zero-order valence-corrected chi connectivity index (χ0v) is 15.2. The van der Waals surface area contributed by atoms with Gasteiger partial charge in [-0.1, -0.05) is 18.2 Å². The number of likely N-dealkylation sites (tertiary alicyclic amines) is 1. The molecule has 1 aromatic carbocycles. The number of hydrogen-bond donors (Lipinski definition) is 1. The molecule has 7 heteroatoms. The lowest BCUT2D eigenvalue weighted by Gasteiger charge is -2.11. The number of nitrogens with one attached hydrogen (secondary N) is 1. The standard InChI is InChI=1S/C20H20N4O3/c1-13-8-9-17(27-13)18-15(12-24(22-18)14-6-4-3-5-7-14)19(25)21-16-10-11-23(2)20(16)26/h3-9,12,16H,10-11H2,1-2H3,(H,21,25)/t16-/m0/s1. The first-order chi connectivity index (χ1) is 13.0.